The van der Waals surface area contributed by atoms with Crippen molar-refractivity contribution >= 4 is 15.9 Å². The topological polar surface area (TPSA) is 21.7 Å². The van der Waals surface area contributed by atoms with Crippen molar-refractivity contribution in [3.8, 4) is 11.5 Å². The van der Waals surface area contributed by atoms with E-state index in [1.54, 1.807) is 0 Å². The van der Waals surface area contributed by atoms with Gasteiger partial charge in [0.1, 0.15) is 6.61 Å². The minimum atomic E-state index is 0.666. The highest BCUT2D eigenvalue weighted by Crippen LogP contribution is 2.26. The van der Waals surface area contributed by atoms with Crippen LogP contribution in [0.5, 0.6) is 11.5 Å². The van der Waals surface area contributed by atoms with Gasteiger partial charge in [-0.05, 0) is 44.9 Å². The molecule has 0 spiro atoms. The standard InChI is InChI=1S/C17H26BrNO2/c1-2-20-16-8-3-4-9-17(16)21-14-13-19-12-6-5-7-15(19)10-11-18/h3-4,8-9,15H,2,5-7,10-14H2,1H3. The summed E-state index contributed by atoms with van der Waals surface area (Å²) < 4.78 is 11.5. The van der Waals surface area contributed by atoms with Crippen LogP contribution in [0.4, 0.5) is 0 Å². The van der Waals surface area contributed by atoms with Crippen molar-refractivity contribution in [2.45, 2.75) is 38.6 Å². The number of nitrogens with zero attached hydrogens (tertiary/aromatic N) is 1. The Hall–Kier alpha value is -0.740. The number of halogens is 1. The van der Waals surface area contributed by atoms with Gasteiger partial charge in [0.05, 0.1) is 6.61 Å². The second-order valence-corrected chi connectivity index (χ2v) is 6.18. The van der Waals surface area contributed by atoms with E-state index in [1.807, 2.05) is 31.2 Å². The molecule has 21 heavy (non-hydrogen) atoms. The number of ether oxygens (including phenoxy) is 2. The Kier molecular flexibility index (Phi) is 7.37. The molecule has 118 valence electrons. The third-order valence-electron chi connectivity index (χ3n) is 3.98. The molecule has 1 heterocycles. The summed E-state index contributed by atoms with van der Waals surface area (Å²) >= 11 is 3.57. The van der Waals surface area contributed by atoms with Gasteiger partial charge in [-0.1, -0.05) is 34.5 Å². The van der Waals surface area contributed by atoms with Crippen LogP contribution < -0.4 is 9.47 Å². The van der Waals surface area contributed by atoms with Crippen LogP contribution in [0.2, 0.25) is 0 Å². The molecule has 0 saturated carbocycles. The number of benzene rings is 1. The second kappa shape index (κ2) is 9.31. The first-order chi connectivity index (χ1) is 10.3. The Morgan fingerprint density at radius 3 is 2.67 bits per heavy atom. The van der Waals surface area contributed by atoms with Crippen LogP contribution in [0.3, 0.4) is 0 Å². The van der Waals surface area contributed by atoms with Crippen molar-refractivity contribution in [1.29, 1.82) is 0 Å². The lowest BCUT2D eigenvalue weighted by Gasteiger charge is -2.35. The number of hydrogen-bond acceptors (Lipinski definition) is 3. The summed E-state index contributed by atoms with van der Waals surface area (Å²) in [5.41, 5.74) is 0. The molecule has 1 aromatic rings. The number of likely N-dealkylation sites (tertiary alicyclic amines) is 1. The van der Waals surface area contributed by atoms with E-state index in [9.17, 15) is 0 Å². The van der Waals surface area contributed by atoms with Crippen LogP contribution in [-0.4, -0.2) is 42.6 Å². The van der Waals surface area contributed by atoms with Gasteiger partial charge in [0.2, 0.25) is 0 Å². The average Bonchev–Trinajstić information content (AvgIpc) is 2.51. The molecule has 3 nitrogen and oxygen atoms in total. The molecule has 0 N–H and O–H groups in total. The SMILES string of the molecule is CCOc1ccccc1OCCN1CCCCC1CCBr. The first kappa shape index (κ1) is 16.6. The van der Waals surface area contributed by atoms with Crippen molar-refractivity contribution in [2.24, 2.45) is 0 Å². The normalized spacial score (nSPS) is 19.4. The van der Waals surface area contributed by atoms with Gasteiger partial charge in [-0.25, -0.2) is 0 Å². The Bertz CT molecular complexity index is 412. The molecule has 0 bridgehead atoms. The number of alkyl halides is 1. The van der Waals surface area contributed by atoms with Gasteiger partial charge in [0.15, 0.2) is 11.5 Å². The van der Waals surface area contributed by atoms with Crippen LogP contribution in [0, 0.1) is 0 Å². The largest absolute Gasteiger partial charge is 0.490 e. The highest BCUT2D eigenvalue weighted by atomic mass is 79.9. The number of piperidine rings is 1. The minimum Gasteiger partial charge on any atom is -0.490 e. The predicted octanol–water partition coefficient (Wildman–Crippen LogP) is 4.10. The fourth-order valence-corrected chi connectivity index (χ4v) is 3.45. The summed E-state index contributed by atoms with van der Waals surface area (Å²) in [4.78, 5) is 2.58. The summed E-state index contributed by atoms with van der Waals surface area (Å²) in [5.74, 6) is 1.70. The maximum Gasteiger partial charge on any atom is 0.161 e. The fourth-order valence-electron chi connectivity index (χ4n) is 2.92. The Balaban J connectivity index is 1.82. The van der Waals surface area contributed by atoms with Crippen molar-refractivity contribution in [3.63, 3.8) is 0 Å². The first-order valence-corrected chi connectivity index (χ1v) is 9.12. The van der Waals surface area contributed by atoms with E-state index >= 15 is 0 Å². The summed E-state index contributed by atoms with van der Waals surface area (Å²) in [6.07, 6.45) is 5.23. The third-order valence-corrected chi connectivity index (χ3v) is 4.43. The molecule has 4 heteroatoms. The van der Waals surface area contributed by atoms with E-state index < -0.39 is 0 Å². The number of para-hydroxylation sites is 2. The molecule has 0 amide bonds. The van der Waals surface area contributed by atoms with Crippen molar-refractivity contribution < 1.29 is 9.47 Å². The zero-order valence-electron chi connectivity index (χ0n) is 12.9. The fraction of sp³-hybridized carbons (Fsp3) is 0.647. The van der Waals surface area contributed by atoms with Crippen LogP contribution in [0.15, 0.2) is 24.3 Å². The van der Waals surface area contributed by atoms with E-state index in [1.165, 1.54) is 32.2 Å². The summed E-state index contributed by atoms with van der Waals surface area (Å²) in [6, 6.07) is 8.63. The Morgan fingerprint density at radius 2 is 1.95 bits per heavy atom. The van der Waals surface area contributed by atoms with E-state index in [4.69, 9.17) is 9.47 Å². The summed E-state index contributed by atoms with van der Waals surface area (Å²) in [5, 5.41) is 1.09. The molecular formula is C17H26BrNO2. The van der Waals surface area contributed by atoms with Gasteiger partial charge in [-0.15, -0.1) is 0 Å². The van der Waals surface area contributed by atoms with Gasteiger partial charge in [-0.3, -0.25) is 4.90 Å². The van der Waals surface area contributed by atoms with Crippen LogP contribution in [0.25, 0.3) is 0 Å². The molecular weight excluding hydrogens is 330 g/mol. The van der Waals surface area contributed by atoms with Crippen LogP contribution >= 0.6 is 15.9 Å². The average molecular weight is 356 g/mol. The predicted molar refractivity (Wildman–Crippen MR) is 90.7 cm³/mol. The van der Waals surface area contributed by atoms with Gasteiger partial charge < -0.3 is 9.47 Å². The first-order valence-electron chi connectivity index (χ1n) is 7.99. The van der Waals surface area contributed by atoms with Crippen LogP contribution in [0.1, 0.15) is 32.6 Å². The molecule has 0 aliphatic carbocycles. The zero-order valence-corrected chi connectivity index (χ0v) is 14.5. The maximum atomic E-state index is 5.94. The lowest BCUT2D eigenvalue weighted by atomic mass is 10.0. The maximum absolute atomic E-state index is 5.94. The smallest absolute Gasteiger partial charge is 0.161 e. The van der Waals surface area contributed by atoms with E-state index in [0.29, 0.717) is 12.6 Å². The number of hydrogen-bond donors (Lipinski definition) is 0. The van der Waals surface area contributed by atoms with Crippen molar-refractivity contribution in [2.75, 3.05) is 31.6 Å². The van der Waals surface area contributed by atoms with Gasteiger partial charge in [0, 0.05) is 17.9 Å². The molecule has 1 aliphatic rings. The lowest BCUT2D eigenvalue weighted by molar-refractivity contribution is 0.120. The van der Waals surface area contributed by atoms with Gasteiger partial charge >= 0.3 is 0 Å². The second-order valence-electron chi connectivity index (χ2n) is 5.39. The van der Waals surface area contributed by atoms with Gasteiger partial charge in [-0.2, -0.15) is 0 Å². The summed E-state index contributed by atoms with van der Waals surface area (Å²) in [6.45, 7) is 5.59. The molecule has 0 radical (unpaired) electrons. The minimum absolute atomic E-state index is 0.666. The number of rotatable bonds is 8. The molecule has 1 saturated heterocycles. The van der Waals surface area contributed by atoms with Gasteiger partial charge in [0.25, 0.3) is 0 Å². The monoisotopic (exact) mass is 355 g/mol. The lowest BCUT2D eigenvalue weighted by Crippen LogP contribution is -2.42. The quantitative estimate of drug-likeness (QED) is 0.655. The molecule has 1 fully saturated rings. The van der Waals surface area contributed by atoms with Crippen molar-refractivity contribution in [1.82, 2.24) is 4.90 Å². The van der Waals surface area contributed by atoms with Crippen molar-refractivity contribution in [3.05, 3.63) is 24.3 Å². The van der Waals surface area contributed by atoms with E-state index in [-0.39, 0.29) is 0 Å². The highest BCUT2D eigenvalue weighted by Gasteiger charge is 2.21. The molecule has 0 aromatic heterocycles. The molecule has 1 atom stereocenters. The molecule has 2 rings (SSSR count). The molecule has 1 aliphatic heterocycles. The molecule has 1 unspecified atom stereocenters. The Morgan fingerprint density at radius 1 is 1.19 bits per heavy atom. The third kappa shape index (κ3) is 5.19. The van der Waals surface area contributed by atoms with Crippen LogP contribution in [-0.2, 0) is 0 Å². The van der Waals surface area contributed by atoms with E-state index in [0.717, 1.165) is 30.0 Å². The highest BCUT2D eigenvalue weighted by molar-refractivity contribution is 9.09. The molecule has 1 aromatic carbocycles. The van der Waals surface area contributed by atoms with E-state index in [2.05, 4.69) is 20.8 Å². The Labute approximate surface area is 136 Å². The zero-order chi connectivity index (χ0) is 14.9. The summed E-state index contributed by atoms with van der Waals surface area (Å²) in [7, 11) is 0.